The second kappa shape index (κ2) is 5.80. The van der Waals surface area contributed by atoms with E-state index in [4.69, 9.17) is 11.6 Å². The van der Waals surface area contributed by atoms with Gasteiger partial charge < -0.3 is 9.80 Å². The van der Waals surface area contributed by atoms with Gasteiger partial charge >= 0.3 is 0 Å². The summed E-state index contributed by atoms with van der Waals surface area (Å²) in [6.07, 6.45) is 1.76. The van der Waals surface area contributed by atoms with Gasteiger partial charge in [0, 0.05) is 37.7 Å². The van der Waals surface area contributed by atoms with Gasteiger partial charge in [-0.15, -0.1) is 0 Å². The Bertz CT molecular complexity index is 650. The summed E-state index contributed by atoms with van der Waals surface area (Å²) in [4.78, 5) is 31.2. The summed E-state index contributed by atoms with van der Waals surface area (Å²) < 4.78 is 0. The molecule has 0 aliphatic carbocycles. The van der Waals surface area contributed by atoms with Gasteiger partial charge in [-0.3, -0.25) is 14.5 Å². The molecule has 1 aromatic rings. The van der Waals surface area contributed by atoms with Crippen LogP contribution in [0.25, 0.3) is 0 Å². The first-order chi connectivity index (χ1) is 11.1. The first-order valence-corrected chi connectivity index (χ1v) is 8.59. The van der Waals surface area contributed by atoms with E-state index in [1.165, 1.54) is 0 Å². The van der Waals surface area contributed by atoms with Crippen molar-refractivity contribution in [1.29, 1.82) is 0 Å². The van der Waals surface area contributed by atoms with Crippen LogP contribution in [0.2, 0.25) is 5.02 Å². The summed E-state index contributed by atoms with van der Waals surface area (Å²) in [5, 5.41) is 0.727. The van der Waals surface area contributed by atoms with Gasteiger partial charge in [0.25, 0.3) is 0 Å². The number of piperazine rings is 2. The quantitative estimate of drug-likeness (QED) is 0.821. The summed E-state index contributed by atoms with van der Waals surface area (Å²) >= 11 is 6.04. The molecular formula is C17H20ClN3O2. The Labute approximate surface area is 140 Å². The Balaban J connectivity index is 1.49. The van der Waals surface area contributed by atoms with Crippen LogP contribution < -0.4 is 0 Å². The molecule has 6 heteroatoms. The van der Waals surface area contributed by atoms with Crippen LogP contribution in [0.15, 0.2) is 24.3 Å². The number of benzene rings is 1. The van der Waals surface area contributed by atoms with E-state index < -0.39 is 0 Å². The molecule has 4 rings (SSSR count). The minimum absolute atomic E-state index is 0.128. The molecular weight excluding hydrogens is 314 g/mol. The summed E-state index contributed by atoms with van der Waals surface area (Å²) in [6.45, 7) is 3.54. The predicted octanol–water partition coefficient (Wildman–Crippen LogP) is 1.36. The Hall–Kier alpha value is -1.59. The number of amides is 2. The Morgan fingerprint density at radius 1 is 1.04 bits per heavy atom. The van der Waals surface area contributed by atoms with Crippen LogP contribution in [0, 0.1) is 0 Å². The second-order valence-electron chi connectivity index (χ2n) is 6.60. The molecule has 3 aliphatic heterocycles. The molecule has 5 nitrogen and oxygen atoms in total. The van der Waals surface area contributed by atoms with Crippen molar-refractivity contribution in [2.24, 2.45) is 0 Å². The highest BCUT2D eigenvalue weighted by atomic mass is 35.5. The molecule has 0 unspecified atom stereocenters. The summed E-state index contributed by atoms with van der Waals surface area (Å²) in [6, 6.07) is 7.29. The van der Waals surface area contributed by atoms with E-state index in [0.29, 0.717) is 13.1 Å². The summed E-state index contributed by atoms with van der Waals surface area (Å²) in [5.74, 6) is 0.275. The number of hydrogen-bond donors (Lipinski definition) is 0. The molecule has 23 heavy (non-hydrogen) atoms. The fraction of sp³-hybridized carbons (Fsp3) is 0.529. The van der Waals surface area contributed by atoms with Gasteiger partial charge in [0.15, 0.2) is 0 Å². The zero-order valence-corrected chi connectivity index (χ0v) is 13.7. The van der Waals surface area contributed by atoms with Gasteiger partial charge in [0.05, 0.1) is 0 Å². The Morgan fingerprint density at radius 2 is 1.83 bits per heavy atom. The number of halogens is 1. The molecule has 2 atom stereocenters. The van der Waals surface area contributed by atoms with E-state index in [9.17, 15) is 9.59 Å². The standard InChI is InChI=1S/C17H20ClN3O2/c18-13-4-1-3-12(9-13)10-19-7-8-21-15(11-19)17(23)20-6-2-5-14(20)16(21)22/h1,3-4,9,14-15H,2,5-8,10-11H2/t14-,15+/m0/s1. The van der Waals surface area contributed by atoms with Gasteiger partial charge in [0.1, 0.15) is 12.1 Å². The summed E-state index contributed by atoms with van der Waals surface area (Å²) in [5.41, 5.74) is 1.14. The van der Waals surface area contributed by atoms with E-state index in [0.717, 1.165) is 43.1 Å². The number of hydrogen-bond acceptors (Lipinski definition) is 3. The van der Waals surface area contributed by atoms with E-state index in [1.807, 2.05) is 29.2 Å². The molecule has 1 aromatic carbocycles. The van der Waals surface area contributed by atoms with Crippen molar-refractivity contribution >= 4 is 23.4 Å². The molecule has 0 bridgehead atoms. The molecule has 0 N–H and O–H groups in total. The van der Waals surface area contributed by atoms with Crippen LogP contribution in [0.4, 0.5) is 0 Å². The highest BCUT2D eigenvalue weighted by Crippen LogP contribution is 2.29. The van der Waals surface area contributed by atoms with E-state index in [1.54, 1.807) is 4.90 Å². The van der Waals surface area contributed by atoms with Gasteiger partial charge in [-0.25, -0.2) is 0 Å². The lowest BCUT2D eigenvalue weighted by atomic mass is 10.0. The fourth-order valence-corrected chi connectivity index (χ4v) is 4.23. The highest BCUT2D eigenvalue weighted by Gasteiger charge is 2.49. The fourth-order valence-electron chi connectivity index (χ4n) is 4.02. The predicted molar refractivity (Wildman–Crippen MR) is 87.0 cm³/mol. The van der Waals surface area contributed by atoms with Crippen molar-refractivity contribution in [1.82, 2.24) is 14.7 Å². The van der Waals surface area contributed by atoms with E-state index in [-0.39, 0.29) is 23.9 Å². The maximum absolute atomic E-state index is 12.7. The molecule has 2 amide bonds. The molecule has 0 saturated carbocycles. The number of carbonyl (C=O) groups is 2. The van der Waals surface area contributed by atoms with Gasteiger partial charge in [0.2, 0.25) is 11.8 Å². The maximum atomic E-state index is 12.7. The largest absolute Gasteiger partial charge is 0.329 e. The van der Waals surface area contributed by atoms with Crippen LogP contribution in [0.3, 0.4) is 0 Å². The Morgan fingerprint density at radius 3 is 2.65 bits per heavy atom. The number of nitrogens with zero attached hydrogens (tertiary/aromatic N) is 3. The normalized spacial score (nSPS) is 28.0. The van der Waals surface area contributed by atoms with Crippen molar-refractivity contribution in [3.05, 3.63) is 34.9 Å². The number of rotatable bonds is 2. The Kier molecular flexibility index (Phi) is 3.77. The molecule has 3 aliphatic rings. The SMILES string of the molecule is O=C1[C@@H]2CCCN2C(=O)[C@H]2CN(Cc3cccc(Cl)c3)CCN12. The number of carbonyl (C=O) groups excluding carboxylic acids is 2. The third kappa shape index (κ3) is 2.62. The van der Waals surface area contributed by atoms with Crippen LogP contribution >= 0.6 is 11.6 Å². The molecule has 0 spiro atoms. The minimum Gasteiger partial charge on any atom is -0.329 e. The van der Waals surface area contributed by atoms with Crippen LogP contribution in [-0.4, -0.2) is 64.8 Å². The molecule has 0 radical (unpaired) electrons. The minimum atomic E-state index is -0.315. The van der Waals surface area contributed by atoms with Crippen molar-refractivity contribution in [2.75, 3.05) is 26.2 Å². The van der Waals surface area contributed by atoms with Crippen molar-refractivity contribution in [2.45, 2.75) is 31.5 Å². The topological polar surface area (TPSA) is 43.9 Å². The highest BCUT2D eigenvalue weighted by molar-refractivity contribution is 6.30. The average Bonchev–Trinajstić information content (AvgIpc) is 3.03. The van der Waals surface area contributed by atoms with Crippen LogP contribution in [0.5, 0.6) is 0 Å². The number of fused-ring (bicyclic) bond motifs is 2. The third-order valence-corrected chi connectivity index (χ3v) is 5.38. The third-order valence-electron chi connectivity index (χ3n) is 5.15. The molecule has 3 heterocycles. The maximum Gasteiger partial charge on any atom is 0.247 e. The van der Waals surface area contributed by atoms with Crippen molar-refractivity contribution in [3.63, 3.8) is 0 Å². The lowest BCUT2D eigenvalue weighted by Crippen LogP contribution is -2.68. The molecule has 0 aromatic heterocycles. The first-order valence-electron chi connectivity index (χ1n) is 8.21. The van der Waals surface area contributed by atoms with E-state index in [2.05, 4.69) is 4.90 Å². The van der Waals surface area contributed by atoms with Crippen molar-refractivity contribution < 1.29 is 9.59 Å². The lowest BCUT2D eigenvalue weighted by molar-refractivity contribution is -0.163. The zero-order valence-electron chi connectivity index (χ0n) is 12.9. The molecule has 3 saturated heterocycles. The van der Waals surface area contributed by atoms with E-state index >= 15 is 0 Å². The van der Waals surface area contributed by atoms with Gasteiger partial charge in [-0.05, 0) is 30.5 Å². The van der Waals surface area contributed by atoms with Gasteiger partial charge in [-0.2, -0.15) is 0 Å². The monoisotopic (exact) mass is 333 g/mol. The summed E-state index contributed by atoms with van der Waals surface area (Å²) in [7, 11) is 0. The van der Waals surface area contributed by atoms with Crippen molar-refractivity contribution in [3.8, 4) is 0 Å². The average molecular weight is 334 g/mol. The zero-order chi connectivity index (χ0) is 16.0. The smallest absolute Gasteiger partial charge is 0.247 e. The molecule has 3 fully saturated rings. The van der Waals surface area contributed by atoms with Crippen LogP contribution in [-0.2, 0) is 16.1 Å². The lowest BCUT2D eigenvalue weighted by Gasteiger charge is -2.47. The van der Waals surface area contributed by atoms with Crippen LogP contribution in [0.1, 0.15) is 18.4 Å². The first kappa shape index (κ1) is 15.0. The van der Waals surface area contributed by atoms with Gasteiger partial charge in [-0.1, -0.05) is 23.7 Å². The molecule has 122 valence electrons. The second-order valence-corrected chi connectivity index (χ2v) is 7.04.